The third kappa shape index (κ3) is 4.78. The standard InChI is InChI=1S/C22H27NO3/c1-16-8-3-6-12-20(16)25-14-17(2)23-22(24)15-26-21-13-7-10-18-9-4-5-11-19(18)21/h3,6-8,10,12-13,17H,4-5,9,11,14-15H2,1-2H3,(H,23,24)/t17-/m0/s1. The molecule has 0 unspecified atom stereocenters. The highest BCUT2D eigenvalue weighted by molar-refractivity contribution is 5.77. The number of fused-ring (bicyclic) bond motifs is 1. The van der Waals surface area contributed by atoms with E-state index >= 15 is 0 Å². The molecule has 0 radical (unpaired) electrons. The Balaban J connectivity index is 1.46. The summed E-state index contributed by atoms with van der Waals surface area (Å²) in [6.45, 7) is 4.40. The fraction of sp³-hybridized carbons (Fsp3) is 0.409. The van der Waals surface area contributed by atoms with Gasteiger partial charge in [0, 0.05) is 0 Å². The van der Waals surface area contributed by atoms with Crippen LogP contribution in [0.3, 0.4) is 0 Å². The summed E-state index contributed by atoms with van der Waals surface area (Å²) in [4.78, 5) is 12.2. The summed E-state index contributed by atoms with van der Waals surface area (Å²) in [6, 6.07) is 13.9. The zero-order valence-electron chi connectivity index (χ0n) is 15.6. The number of aryl methyl sites for hydroxylation is 2. The largest absolute Gasteiger partial charge is 0.491 e. The van der Waals surface area contributed by atoms with Crippen LogP contribution in [-0.2, 0) is 17.6 Å². The van der Waals surface area contributed by atoms with Gasteiger partial charge in [0.05, 0.1) is 6.04 Å². The summed E-state index contributed by atoms with van der Waals surface area (Å²) >= 11 is 0. The number of rotatable bonds is 7. The lowest BCUT2D eigenvalue weighted by Gasteiger charge is -2.20. The Hall–Kier alpha value is -2.49. The molecule has 2 aromatic carbocycles. The summed E-state index contributed by atoms with van der Waals surface area (Å²) in [5.41, 5.74) is 3.71. The second-order valence-corrected chi connectivity index (χ2v) is 6.93. The first-order valence-corrected chi connectivity index (χ1v) is 9.35. The summed E-state index contributed by atoms with van der Waals surface area (Å²) in [7, 11) is 0. The Morgan fingerprint density at radius 1 is 1.04 bits per heavy atom. The quantitative estimate of drug-likeness (QED) is 0.823. The highest BCUT2D eigenvalue weighted by Gasteiger charge is 2.15. The lowest BCUT2D eigenvalue weighted by molar-refractivity contribution is -0.123. The predicted molar refractivity (Wildman–Crippen MR) is 103 cm³/mol. The maximum atomic E-state index is 12.2. The third-order valence-electron chi connectivity index (χ3n) is 4.70. The third-order valence-corrected chi connectivity index (χ3v) is 4.70. The van der Waals surface area contributed by atoms with Crippen molar-refractivity contribution in [2.45, 2.75) is 45.6 Å². The number of nitrogens with one attached hydrogen (secondary N) is 1. The van der Waals surface area contributed by atoms with E-state index in [1.807, 2.05) is 50.2 Å². The maximum Gasteiger partial charge on any atom is 0.258 e. The second-order valence-electron chi connectivity index (χ2n) is 6.93. The minimum absolute atomic E-state index is 0.0329. The van der Waals surface area contributed by atoms with Crippen LogP contribution in [0.1, 0.15) is 36.5 Å². The van der Waals surface area contributed by atoms with E-state index in [-0.39, 0.29) is 18.6 Å². The topological polar surface area (TPSA) is 47.6 Å². The Morgan fingerprint density at radius 3 is 2.65 bits per heavy atom. The minimum atomic E-state index is -0.126. The van der Waals surface area contributed by atoms with Gasteiger partial charge in [-0.2, -0.15) is 0 Å². The van der Waals surface area contributed by atoms with Crippen LogP contribution in [0, 0.1) is 6.92 Å². The molecular formula is C22H27NO3. The zero-order chi connectivity index (χ0) is 18.4. The molecular weight excluding hydrogens is 326 g/mol. The van der Waals surface area contributed by atoms with Gasteiger partial charge in [0.2, 0.25) is 0 Å². The number of ether oxygens (including phenoxy) is 2. The van der Waals surface area contributed by atoms with E-state index in [2.05, 4.69) is 11.4 Å². The van der Waals surface area contributed by atoms with Gasteiger partial charge in [0.15, 0.2) is 6.61 Å². The first kappa shape index (κ1) is 18.3. The number of hydrogen-bond acceptors (Lipinski definition) is 3. The SMILES string of the molecule is Cc1ccccc1OC[C@H](C)NC(=O)COc1cccc2c1CCCC2. The van der Waals surface area contributed by atoms with Crippen molar-refractivity contribution < 1.29 is 14.3 Å². The van der Waals surface area contributed by atoms with E-state index in [1.165, 1.54) is 24.0 Å². The summed E-state index contributed by atoms with van der Waals surface area (Å²) in [6.07, 6.45) is 4.56. The molecule has 0 saturated heterocycles. The van der Waals surface area contributed by atoms with Crippen LogP contribution < -0.4 is 14.8 Å². The van der Waals surface area contributed by atoms with E-state index < -0.39 is 0 Å². The molecule has 2 aromatic rings. The molecule has 0 aliphatic heterocycles. The average Bonchev–Trinajstić information content (AvgIpc) is 2.65. The molecule has 0 saturated carbocycles. The maximum absolute atomic E-state index is 12.2. The van der Waals surface area contributed by atoms with Gasteiger partial charge < -0.3 is 14.8 Å². The lowest BCUT2D eigenvalue weighted by Crippen LogP contribution is -2.39. The Morgan fingerprint density at radius 2 is 1.81 bits per heavy atom. The predicted octanol–water partition coefficient (Wildman–Crippen LogP) is 3.84. The van der Waals surface area contributed by atoms with Crippen molar-refractivity contribution >= 4 is 5.91 Å². The Labute approximate surface area is 155 Å². The summed E-state index contributed by atoms with van der Waals surface area (Å²) < 4.78 is 11.6. The number of carbonyl (C=O) groups excluding carboxylic acids is 1. The molecule has 138 valence electrons. The van der Waals surface area contributed by atoms with Gasteiger partial charge in [-0.05, 0) is 68.4 Å². The Bertz CT molecular complexity index is 757. The van der Waals surface area contributed by atoms with Crippen molar-refractivity contribution in [3.63, 3.8) is 0 Å². The van der Waals surface area contributed by atoms with Crippen LogP contribution in [0.4, 0.5) is 0 Å². The molecule has 0 spiro atoms. The number of para-hydroxylation sites is 1. The van der Waals surface area contributed by atoms with Crippen molar-refractivity contribution in [3.05, 3.63) is 59.2 Å². The molecule has 1 aliphatic rings. The van der Waals surface area contributed by atoms with Crippen molar-refractivity contribution in [1.82, 2.24) is 5.32 Å². The van der Waals surface area contributed by atoms with Crippen molar-refractivity contribution in [1.29, 1.82) is 0 Å². The van der Waals surface area contributed by atoms with Crippen LogP contribution in [0.2, 0.25) is 0 Å². The number of amides is 1. The highest BCUT2D eigenvalue weighted by Crippen LogP contribution is 2.29. The first-order valence-electron chi connectivity index (χ1n) is 9.35. The van der Waals surface area contributed by atoms with Crippen LogP contribution >= 0.6 is 0 Å². The zero-order valence-corrected chi connectivity index (χ0v) is 15.6. The van der Waals surface area contributed by atoms with Gasteiger partial charge in [0.25, 0.3) is 5.91 Å². The molecule has 4 heteroatoms. The van der Waals surface area contributed by atoms with Crippen molar-refractivity contribution in [2.75, 3.05) is 13.2 Å². The second kappa shape index (κ2) is 8.75. The van der Waals surface area contributed by atoms with E-state index in [4.69, 9.17) is 9.47 Å². The van der Waals surface area contributed by atoms with Gasteiger partial charge in [-0.25, -0.2) is 0 Å². The minimum Gasteiger partial charge on any atom is -0.491 e. The first-order chi connectivity index (χ1) is 12.6. The number of carbonyl (C=O) groups is 1. The van der Waals surface area contributed by atoms with Gasteiger partial charge in [0.1, 0.15) is 18.1 Å². The molecule has 0 heterocycles. The van der Waals surface area contributed by atoms with Crippen LogP contribution in [0.25, 0.3) is 0 Å². The van der Waals surface area contributed by atoms with Crippen LogP contribution in [0.5, 0.6) is 11.5 Å². The monoisotopic (exact) mass is 353 g/mol. The molecule has 1 aliphatic carbocycles. The average molecular weight is 353 g/mol. The van der Waals surface area contributed by atoms with Crippen molar-refractivity contribution in [3.8, 4) is 11.5 Å². The number of benzene rings is 2. The lowest BCUT2D eigenvalue weighted by atomic mass is 9.91. The Kier molecular flexibility index (Phi) is 6.16. The van der Waals surface area contributed by atoms with Gasteiger partial charge in [-0.15, -0.1) is 0 Å². The van der Waals surface area contributed by atoms with E-state index in [9.17, 15) is 4.79 Å². The molecule has 0 aromatic heterocycles. The normalized spacial score (nSPS) is 14.2. The van der Waals surface area contributed by atoms with E-state index in [0.717, 1.165) is 29.9 Å². The molecule has 1 amide bonds. The molecule has 1 N–H and O–H groups in total. The van der Waals surface area contributed by atoms with E-state index in [0.29, 0.717) is 6.61 Å². The molecule has 0 fully saturated rings. The van der Waals surface area contributed by atoms with E-state index in [1.54, 1.807) is 0 Å². The molecule has 1 atom stereocenters. The van der Waals surface area contributed by atoms with Crippen LogP contribution in [0.15, 0.2) is 42.5 Å². The summed E-state index contributed by atoms with van der Waals surface area (Å²) in [5.74, 6) is 1.57. The molecule has 26 heavy (non-hydrogen) atoms. The fourth-order valence-corrected chi connectivity index (χ4v) is 3.32. The smallest absolute Gasteiger partial charge is 0.258 e. The highest BCUT2D eigenvalue weighted by atomic mass is 16.5. The molecule has 0 bridgehead atoms. The summed E-state index contributed by atoms with van der Waals surface area (Å²) in [5, 5.41) is 2.93. The molecule has 4 nitrogen and oxygen atoms in total. The number of hydrogen-bond donors (Lipinski definition) is 1. The van der Waals surface area contributed by atoms with Crippen molar-refractivity contribution in [2.24, 2.45) is 0 Å². The molecule has 3 rings (SSSR count). The van der Waals surface area contributed by atoms with Gasteiger partial charge in [-0.3, -0.25) is 4.79 Å². The van der Waals surface area contributed by atoms with Gasteiger partial charge in [-0.1, -0.05) is 30.3 Å². The van der Waals surface area contributed by atoms with Crippen LogP contribution in [-0.4, -0.2) is 25.2 Å². The fourth-order valence-electron chi connectivity index (χ4n) is 3.32. The van der Waals surface area contributed by atoms with Gasteiger partial charge >= 0.3 is 0 Å².